The summed E-state index contributed by atoms with van der Waals surface area (Å²) in [5.74, 6) is 1.16. The van der Waals surface area contributed by atoms with Gasteiger partial charge in [0.25, 0.3) is 0 Å². The third-order valence-corrected chi connectivity index (χ3v) is 2.19. The molecule has 50 valence electrons. The van der Waals surface area contributed by atoms with E-state index >= 15 is 0 Å². The maximum absolute atomic E-state index is 10.7. The third-order valence-electron chi connectivity index (χ3n) is 2.19. The van der Waals surface area contributed by atoms with Crippen molar-refractivity contribution >= 4 is 5.78 Å². The van der Waals surface area contributed by atoms with Crippen LogP contribution in [0.1, 0.15) is 19.8 Å². The molecule has 1 N–H and O–H groups in total. The van der Waals surface area contributed by atoms with E-state index in [0.29, 0.717) is 11.8 Å². The number of nitrogens with one attached hydrogen (secondary N) is 1. The lowest BCUT2D eigenvalue weighted by Crippen LogP contribution is -2.05. The number of Topliss-reactive ketones (excluding diaryl/α,β-unsaturated/α-hetero) is 1. The second-order valence-corrected chi connectivity index (χ2v) is 3.12. The van der Waals surface area contributed by atoms with Gasteiger partial charge in [-0.15, -0.1) is 0 Å². The molecule has 2 aliphatic rings. The van der Waals surface area contributed by atoms with E-state index in [1.54, 1.807) is 6.92 Å². The zero-order valence-corrected chi connectivity index (χ0v) is 5.55. The van der Waals surface area contributed by atoms with E-state index in [1.165, 1.54) is 12.8 Å². The fourth-order valence-electron chi connectivity index (χ4n) is 1.39. The topological polar surface area (TPSA) is 39.0 Å². The first kappa shape index (κ1) is 5.42. The highest BCUT2D eigenvalue weighted by molar-refractivity contribution is 5.85. The second-order valence-electron chi connectivity index (χ2n) is 3.12. The number of carbonyl (C=O) groups is 1. The number of carbonyl (C=O) groups excluding carboxylic acids is 1. The van der Waals surface area contributed by atoms with Crippen LogP contribution in [0.25, 0.3) is 0 Å². The van der Waals surface area contributed by atoms with E-state index < -0.39 is 0 Å². The molecule has 0 amide bonds. The Morgan fingerprint density at radius 3 is 2.56 bits per heavy atom. The van der Waals surface area contributed by atoms with Crippen LogP contribution >= 0.6 is 0 Å². The molecule has 0 radical (unpaired) electrons. The predicted molar refractivity (Wildman–Crippen MR) is 34.1 cm³/mol. The smallest absolute Gasteiger partial charge is 0.148 e. The minimum atomic E-state index is 0.234. The van der Waals surface area contributed by atoms with Gasteiger partial charge >= 0.3 is 0 Å². The lowest BCUT2D eigenvalue weighted by molar-refractivity contribution is -0.116. The van der Waals surface area contributed by atoms with Crippen molar-refractivity contribution in [3.05, 3.63) is 0 Å². The molecule has 1 saturated carbocycles. The number of ketones is 1. The van der Waals surface area contributed by atoms with Crippen molar-refractivity contribution in [3.8, 4) is 0 Å². The van der Waals surface area contributed by atoms with Gasteiger partial charge in [0.05, 0.1) is 6.04 Å². The second kappa shape index (κ2) is 1.57. The lowest BCUT2D eigenvalue weighted by Gasteiger charge is -1.84. The highest BCUT2D eigenvalue weighted by Gasteiger charge is 2.49. The Balaban J connectivity index is 1.87. The summed E-state index contributed by atoms with van der Waals surface area (Å²) in [6, 6.07) is 0.806. The summed E-state index contributed by atoms with van der Waals surface area (Å²) >= 11 is 0. The van der Waals surface area contributed by atoms with Crippen LogP contribution in [0.15, 0.2) is 0 Å². The Morgan fingerprint density at radius 1 is 1.56 bits per heavy atom. The molecule has 2 heteroatoms. The Bertz CT molecular complexity index is 151. The van der Waals surface area contributed by atoms with Crippen LogP contribution in [-0.4, -0.2) is 17.9 Å². The van der Waals surface area contributed by atoms with Crippen molar-refractivity contribution in [3.63, 3.8) is 0 Å². The summed E-state index contributed by atoms with van der Waals surface area (Å²) in [4.78, 5) is 10.7. The van der Waals surface area contributed by atoms with Gasteiger partial charge in [-0.25, -0.2) is 0 Å². The summed E-state index contributed by atoms with van der Waals surface area (Å²) < 4.78 is 0. The van der Waals surface area contributed by atoms with Gasteiger partial charge in [0.2, 0.25) is 0 Å². The normalized spacial score (nSPS) is 40.6. The van der Waals surface area contributed by atoms with Crippen molar-refractivity contribution in [2.75, 3.05) is 0 Å². The molecule has 0 bridgehead atoms. The molecular weight excluding hydrogens is 114 g/mol. The zero-order valence-electron chi connectivity index (χ0n) is 5.55. The van der Waals surface area contributed by atoms with Crippen LogP contribution in [0.2, 0.25) is 0 Å². The summed E-state index contributed by atoms with van der Waals surface area (Å²) in [6.45, 7) is 1.67. The van der Waals surface area contributed by atoms with Crippen molar-refractivity contribution in [1.82, 2.24) is 5.32 Å². The first-order valence-corrected chi connectivity index (χ1v) is 3.55. The zero-order chi connectivity index (χ0) is 6.43. The minimum Gasteiger partial charge on any atom is -0.301 e. The number of hydrogen-bond donors (Lipinski definition) is 1. The van der Waals surface area contributed by atoms with E-state index in [1.807, 2.05) is 0 Å². The van der Waals surface area contributed by atoms with Gasteiger partial charge in [-0.3, -0.25) is 4.79 Å². The standard InChI is InChI=1S/C7H11NO/c1-4(9)6-7(8-6)5-2-3-5/h5-8H,2-3H2,1H3/t6-,7-/m0/s1. The minimum absolute atomic E-state index is 0.234. The third kappa shape index (κ3) is 0.874. The van der Waals surface area contributed by atoms with Crippen molar-refractivity contribution in [2.24, 2.45) is 5.92 Å². The first-order valence-electron chi connectivity index (χ1n) is 3.55. The van der Waals surface area contributed by atoms with E-state index in [0.717, 1.165) is 5.92 Å². The van der Waals surface area contributed by atoms with E-state index in [9.17, 15) is 4.79 Å². The molecule has 1 saturated heterocycles. The fraction of sp³-hybridized carbons (Fsp3) is 0.857. The molecule has 2 atom stereocenters. The molecule has 2 rings (SSSR count). The summed E-state index contributed by atoms with van der Waals surface area (Å²) in [5.41, 5.74) is 0. The summed E-state index contributed by atoms with van der Waals surface area (Å²) in [7, 11) is 0. The molecule has 9 heavy (non-hydrogen) atoms. The van der Waals surface area contributed by atoms with Gasteiger partial charge < -0.3 is 5.32 Å². The van der Waals surface area contributed by atoms with E-state index in [-0.39, 0.29) is 6.04 Å². The molecule has 1 aliphatic heterocycles. The molecule has 1 aliphatic carbocycles. The maximum atomic E-state index is 10.7. The van der Waals surface area contributed by atoms with E-state index in [4.69, 9.17) is 0 Å². The Kier molecular flexibility index (Phi) is 0.943. The van der Waals surface area contributed by atoms with Gasteiger partial charge in [0.15, 0.2) is 0 Å². The summed E-state index contributed by atoms with van der Waals surface area (Å²) in [6.07, 6.45) is 2.67. The van der Waals surface area contributed by atoms with Gasteiger partial charge in [0.1, 0.15) is 5.78 Å². The van der Waals surface area contributed by atoms with Crippen LogP contribution < -0.4 is 5.32 Å². The quantitative estimate of drug-likeness (QED) is 0.540. The van der Waals surface area contributed by atoms with Crippen LogP contribution in [0.4, 0.5) is 0 Å². The lowest BCUT2D eigenvalue weighted by atomic mass is 10.2. The molecule has 0 aromatic heterocycles. The molecule has 2 nitrogen and oxygen atoms in total. The van der Waals surface area contributed by atoms with Crippen molar-refractivity contribution < 1.29 is 4.79 Å². The average molecular weight is 125 g/mol. The Morgan fingerprint density at radius 2 is 2.22 bits per heavy atom. The van der Waals surface area contributed by atoms with E-state index in [2.05, 4.69) is 5.32 Å². The van der Waals surface area contributed by atoms with Gasteiger partial charge in [-0.2, -0.15) is 0 Å². The predicted octanol–water partition coefficient (Wildman–Crippen LogP) is 0.326. The molecule has 0 aromatic carbocycles. The SMILES string of the molecule is CC(=O)[C@@H]1N[C@H]1C1CC1. The van der Waals surface area contributed by atoms with Crippen LogP contribution in [0.5, 0.6) is 0 Å². The number of rotatable bonds is 2. The molecule has 0 unspecified atom stereocenters. The van der Waals surface area contributed by atoms with Crippen molar-refractivity contribution in [1.29, 1.82) is 0 Å². The molecular formula is C7H11NO. The fourth-order valence-corrected chi connectivity index (χ4v) is 1.39. The number of hydrogen-bond acceptors (Lipinski definition) is 2. The van der Waals surface area contributed by atoms with Crippen LogP contribution in [0, 0.1) is 5.92 Å². The monoisotopic (exact) mass is 125 g/mol. The molecule has 2 fully saturated rings. The van der Waals surface area contributed by atoms with Gasteiger partial charge in [0, 0.05) is 6.04 Å². The van der Waals surface area contributed by atoms with Crippen LogP contribution in [0.3, 0.4) is 0 Å². The molecule has 0 aromatic rings. The van der Waals surface area contributed by atoms with Gasteiger partial charge in [-0.1, -0.05) is 0 Å². The average Bonchev–Trinajstić information content (AvgIpc) is 2.60. The summed E-state index contributed by atoms with van der Waals surface area (Å²) in [5, 5.41) is 3.18. The largest absolute Gasteiger partial charge is 0.301 e. The van der Waals surface area contributed by atoms with Crippen molar-refractivity contribution in [2.45, 2.75) is 31.8 Å². The first-order chi connectivity index (χ1) is 4.29. The van der Waals surface area contributed by atoms with Gasteiger partial charge in [-0.05, 0) is 25.7 Å². The maximum Gasteiger partial charge on any atom is 0.148 e. The molecule has 1 heterocycles. The highest BCUT2D eigenvalue weighted by Crippen LogP contribution is 2.39. The Labute approximate surface area is 54.6 Å². The van der Waals surface area contributed by atoms with Crippen LogP contribution in [-0.2, 0) is 4.79 Å². The molecule has 0 spiro atoms. The highest BCUT2D eigenvalue weighted by atomic mass is 16.1. The Hall–Kier alpha value is -0.370.